The Balaban J connectivity index is 2.75. The molecule has 1 aromatic rings. The van der Waals surface area contributed by atoms with Crippen LogP contribution in [-0.4, -0.2) is 22.3 Å². The molecule has 0 unspecified atom stereocenters. The molecule has 1 rings (SSSR count). The minimum absolute atomic E-state index is 0.00590. The maximum Gasteiger partial charge on any atom is 0.270 e. The van der Waals surface area contributed by atoms with Gasteiger partial charge >= 0.3 is 0 Å². The Morgan fingerprint density at radius 2 is 2.12 bits per heavy atom. The van der Waals surface area contributed by atoms with Crippen molar-refractivity contribution in [1.82, 2.24) is 10.3 Å². The largest absolute Gasteiger partial charge is 0.370 e. The summed E-state index contributed by atoms with van der Waals surface area (Å²) in [6, 6.07) is 3.92. The third-order valence-electron chi connectivity index (χ3n) is 2.02. The molecule has 0 fully saturated rings. The molecule has 0 saturated heterocycles. The van der Waals surface area contributed by atoms with Gasteiger partial charge in [0.15, 0.2) is 0 Å². The number of nitrogens with one attached hydrogen (secondary N) is 1. The van der Waals surface area contributed by atoms with Crippen LogP contribution in [-0.2, 0) is 4.79 Å². The van der Waals surface area contributed by atoms with Crippen LogP contribution in [0.15, 0.2) is 18.2 Å². The van der Waals surface area contributed by atoms with Crippen LogP contribution >= 0.6 is 0 Å². The standard InChI is InChI=1S/C11H14FN3O2/c1-11(2,6-9(13)16)15-10(17)7-4-3-5-8(12)14-7/h3-5H,6H2,1-2H3,(H2,13,16)(H,15,17). The van der Waals surface area contributed by atoms with E-state index in [0.29, 0.717) is 0 Å². The second kappa shape index (κ2) is 4.90. The number of amides is 2. The number of carbonyl (C=O) groups is 2. The topological polar surface area (TPSA) is 85.1 Å². The van der Waals surface area contributed by atoms with Crippen LogP contribution in [0.3, 0.4) is 0 Å². The van der Waals surface area contributed by atoms with E-state index in [9.17, 15) is 14.0 Å². The Labute approximate surface area is 98.2 Å². The second-order valence-electron chi connectivity index (χ2n) is 4.33. The van der Waals surface area contributed by atoms with E-state index in [-0.39, 0.29) is 12.1 Å². The fraction of sp³-hybridized carbons (Fsp3) is 0.364. The Bertz CT molecular complexity index is 446. The summed E-state index contributed by atoms with van der Waals surface area (Å²) < 4.78 is 12.8. The molecule has 5 nitrogen and oxygen atoms in total. The fourth-order valence-electron chi connectivity index (χ4n) is 1.39. The van der Waals surface area contributed by atoms with E-state index >= 15 is 0 Å². The number of pyridine rings is 1. The molecule has 92 valence electrons. The van der Waals surface area contributed by atoms with Gasteiger partial charge in [-0.2, -0.15) is 4.39 Å². The Morgan fingerprint density at radius 3 is 2.65 bits per heavy atom. The normalized spacial score (nSPS) is 11.0. The summed E-state index contributed by atoms with van der Waals surface area (Å²) in [5, 5.41) is 2.56. The Hall–Kier alpha value is -1.98. The SMILES string of the molecule is CC(C)(CC(N)=O)NC(=O)c1cccc(F)n1. The molecule has 17 heavy (non-hydrogen) atoms. The maximum absolute atomic E-state index is 12.8. The second-order valence-corrected chi connectivity index (χ2v) is 4.33. The molecule has 0 aliphatic rings. The molecule has 0 bridgehead atoms. The minimum Gasteiger partial charge on any atom is -0.370 e. The monoisotopic (exact) mass is 239 g/mol. The van der Waals surface area contributed by atoms with E-state index in [2.05, 4.69) is 10.3 Å². The maximum atomic E-state index is 12.8. The van der Waals surface area contributed by atoms with E-state index in [4.69, 9.17) is 5.73 Å². The first-order valence-electron chi connectivity index (χ1n) is 5.03. The van der Waals surface area contributed by atoms with E-state index in [0.717, 1.165) is 6.07 Å². The van der Waals surface area contributed by atoms with Gasteiger partial charge in [-0.3, -0.25) is 9.59 Å². The van der Waals surface area contributed by atoms with Crippen LogP contribution < -0.4 is 11.1 Å². The van der Waals surface area contributed by atoms with E-state index in [1.807, 2.05) is 0 Å². The Morgan fingerprint density at radius 1 is 1.47 bits per heavy atom. The van der Waals surface area contributed by atoms with E-state index in [1.54, 1.807) is 13.8 Å². The van der Waals surface area contributed by atoms with Crippen molar-refractivity contribution >= 4 is 11.8 Å². The first-order chi connectivity index (χ1) is 7.80. The third kappa shape index (κ3) is 4.18. The minimum atomic E-state index is -0.795. The highest BCUT2D eigenvalue weighted by Gasteiger charge is 2.24. The van der Waals surface area contributed by atoms with Gasteiger partial charge in [-0.15, -0.1) is 0 Å². The van der Waals surface area contributed by atoms with Gasteiger partial charge in [0.1, 0.15) is 5.69 Å². The van der Waals surface area contributed by atoms with Crippen LogP contribution in [0, 0.1) is 5.95 Å². The average Bonchev–Trinajstić information content (AvgIpc) is 2.14. The molecule has 1 aromatic heterocycles. The molecule has 0 saturated carbocycles. The number of aromatic nitrogens is 1. The zero-order chi connectivity index (χ0) is 13.1. The molecule has 3 N–H and O–H groups in total. The van der Waals surface area contributed by atoms with Gasteiger partial charge in [0.05, 0.1) is 0 Å². The molecule has 0 spiro atoms. The molecule has 6 heteroatoms. The van der Waals surface area contributed by atoms with Crippen molar-refractivity contribution < 1.29 is 14.0 Å². The number of carbonyl (C=O) groups excluding carboxylic acids is 2. The molecular weight excluding hydrogens is 225 g/mol. The van der Waals surface area contributed by atoms with Gasteiger partial charge in [0.2, 0.25) is 11.9 Å². The van der Waals surface area contributed by atoms with Gasteiger partial charge in [-0.1, -0.05) is 6.07 Å². The Kier molecular flexibility index (Phi) is 3.77. The third-order valence-corrected chi connectivity index (χ3v) is 2.02. The number of primary amides is 1. The highest BCUT2D eigenvalue weighted by molar-refractivity contribution is 5.93. The summed E-state index contributed by atoms with van der Waals surface area (Å²) in [4.78, 5) is 25.9. The van der Waals surface area contributed by atoms with Gasteiger partial charge in [0, 0.05) is 12.0 Å². The molecule has 0 radical (unpaired) electrons. The van der Waals surface area contributed by atoms with Gasteiger partial charge in [0.25, 0.3) is 5.91 Å². The van der Waals surface area contributed by atoms with E-state index in [1.165, 1.54) is 12.1 Å². The summed E-state index contributed by atoms with van der Waals surface area (Å²) in [7, 11) is 0. The number of nitrogens with two attached hydrogens (primary N) is 1. The zero-order valence-electron chi connectivity index (χ0n) is 9.66. The summed E-state index contributed by atoms with van der Waals surface area (Å²) in [5.74, 6) is -1.80. The van der Waals surface area contributed by atoms with Gasteiger partial charge in [-0.05, 0) is 26.0 Å². The molecule has 1 heterocycles. The molecule has 0 atom stereocenters. The summed E-state index contributed by atoms with van der Waals surface area (Å²) >= 11 is 0. The lowest BCUT2D eigenvalue weighted by Gasteiger charge is -2.24. The predicted molar refractivity (Wildman–Crippen MR) is 59.6 cm³/mol. The molecular formula is C11H14FN3O2. The summed E-state index contributed by atoms with van der Waals surface area (Å²) in [5.41, 5.74) is 4.22. The van der Waals surface area contributed by atoms with Crippen LogP contribution in [0.2, 0.25) is 0 Å². The number of hydrogen-bond donors (Lipinski definition) is 2. The molecule has 2 amide bonds. The first-order valence-corrected chi connectivity index (χ1v) is 5.03. The highest BCUT2D eigenvalue weighted by atomic mass is 19.1. The highest BCUT2D eigenvalue weighted by Crippen LogP contribution is 2.09. The molecule has 0 aliphatic carbocycles. The van der Waals surface area contributed by atoms with Crippen molar-refractivity contribution in [2.75, 3.05) is 0 Å². The van der Waals surface area contributed by atoms with Crippen molar-refractivity contribution in [3.05, 3.63) is 29.8 Å². The smallest absolute Gasteiger partial charge is 0.270 e. The van der Waals surface area contributed by atoms with Crippen LogP contribution in [0.25, 0.3) is 0 Å². The van der Waals surface area contributed by atoms with Crippen molar-refractivity contribution in [2.24, 2.45) is 5.73 Å². The van der Waals surface area contributed by atoms with Gasteiger partial charge in [-0.25, -0.2) is 4.98 Å². The summed E-state index contributed by atoms with van der Waals surface area (Å²) in [6.07, 6.45) is -0.00590. The zero-order valence-corrected chi connectivity index (χ0v) is 9.66. The number of nitrogens with zero attached hydrogens (tertiary/aromatic N) is 1. The lowest BCUT2D eigenvalue weighted by Crippen LogP contribution is -2.46. The number of hydrogen-bond acceptors (Lipinski definition) is 3. The lowest BCUT2D eigenvalue weighted by molar-refractivity contribution is -0.119. The quantitative estimate of drug-likeness (QED) is 0.755. The average molecular weight is 239 g/mol. The molecule has 0 aliphatic heterocycles. The van der Waals surface area contributed by atoms with Crippen molar-refractivity contribution in [3.63, 3.8) is 0 Å². The predicted octanol–water partition coefficient (Wildman–Crippen LogP) is 0.605. The lowest BCUT2D eigenvalue weighted by atomic mass is 10.00. The summed E-state index contributed by atoms with van der Waals surface area (Å²) in [6.45, 7) is 3.30. The van der Waals surface area contributed by atoms with Gasteiger partial charge < -0.3 is 11.1 Å². The van der Waals surface area contributed by atoms with Crippen molar-refractivity contribution in [2.45, 2.75) is 25.8 Å². The van der Waals surface area contributed by atoms with Crippen molar-refractivity contribution in [1.29, 1.82) is 0 Å². The fourth-order valence-corrected chi connectivity index (χ4v) is 1.39. The van der Waals surface area contributed by atoms with Crippen LogP contribution in [0.4, 0.5) is 4.39 Å². The van der Waals surface area contributed by atoms with Crippen molar-refractivity contribution in [3.8, 4) is 0 Å². The number of halogens is 1. The van der Waals surface area contributed by atoms with Crippen LogP contribution in [0.5, 0.6) is 0 Å². The van der Waals surface area contributed by atoms with Crippen LogP contribution in [0.1, 0.15) is 30.8 Å². The number of rotatable bonds is 4. The van der Waals surface area contributed by atoms with E-state index < -0.39 is 23.3 Å². The first kappa shape index (κ1) is 13.1. The molecule has 0 aromatic carbocycles.